The van der Waals surface area contributed by atoms with E-state index in [1.165, 1.54) is 24.5 Å². The van der Waals surface area contributed by atoms with E-state index < -0.39 is 10.8 Å². The highest BCUT2D eigenvalue weighted by atomic mass is 32.2. The molecule has 0 aliphatic rings. The van der Waals surface area contributed by atoms with Gasteiger partial charge in [0.2, 0.25) is 0 Å². The van der Waals surface area contributed by atoms with Crippen LogP contribution in [0.4, 0.5) is 0 Å². The van der Waals surface area contributed by atoms with Crippen LogP contribution in [0, 0.1) is 0 Å². The standard InChI is InChI=1S/C12H18OS6/c1-14-7-8(15-2)10(17-4)12(19(6)13)11(18-5)9(7)16-3/h1-6H3. The molecule has 0 aromatic heterocycles. The summed E-state index contributed by atoms with van der Waals surface area (Å²) in [6.45, 7) is 0. The number of hydrogen-bond donors (Lipinski definition) is 0. The summed E-state index contributed by atoms with van der Waals surface area (Å²) in [5.41, 5.74) is 0. The van der Waals surface area contributed by atoms with Crippen molar-refractivity contribution in [2.45, 2.75) is 29.4 Å². The van der Waals surface area contributed by atoms with Gasteiger partial charge in [-0.3, -0.25) is 4.21 Å². The molecule has 0 saturated heterocycles. The molecule has 0 N–H and O–H groups in total. The minimum atomic E-state index is -0.963. The molecule has 0 bridgehead atoms. The van der Waals surface area contributed by atoms with Crippen LogP contribution in [0.2, 0.25) is 0 Å². The number of thioether (sulfide) groups is 5. The van der Waals surface area contributed by atoms with Gasteiger partial charge < -0.3 is 0 Å². The highest BCUT2D eigenvalue weighted by molar-refractivity contribution is 8.05. The molecule has 0 spiro atoms. The summed E-state index contributed by atoms with van der Waals surface area (Å²) in [6, 6.07) is 0. The van der Waals surface area contributed by atoms with Gasteiger partial charge in [-0.25, -0.2) is 0 Å². The molecule has 1 unspecified atom stereocenters. The van der Waals surface area contributed by atoms with Crippen LogP contribution in [-0.2, 0) is 10.8 Å². The van der Waals surface area contributed by atoms with Crippen molar-refractivity contribution in [3.63, 3.8) is 0 Å². The maximum Gasteiger partial charge on any atom is 0.0680 e. The lowest BCUT2D eigenvalue weighted by atomic mass is 10.3. The van der Waals surface area contributed by atoms with Gasteiger partial charge in [0.25, 0.3) is 0 Å². The first-order valence-electron chi connectivity index (χ1n) is 5.34. The van der Waals surface area contributed by atoms with Crippen molar-refractivity contribution in [1.29, 1.82) is 0 Å². The molecule has 1 rings (SSSR count). The normalized spacial score (nSPS) is 12.7. The molecule has 0 aliphatic carbocycles. The molecule has 1 atom stereocenters. The van der Waals surface area contributed by atoms with E-state index in [9.17, 15) is 4.21 Å². The molecule has 19 heavy (non-hydrogen) atoms. The van der Waals surface area contributed by atoms with E-state index in [0.717, 1.165) is 4.90 Å². The van der Waals surface area contributed by atoms with Crippen LogP contribution in [0.1, 0.15) is 0 Å². The van der Waals surface area contributed by atoms with E-state index in [1.54, 1.807) is 65.1 Å². The second kappa shape index (κ2) is 8.54. The summed E-state index contributed by atoms with van der Waals surface area (Å²) in [4.78, 5) is 7.23. The molecule has 1 aromatic carbocycles. The Labute approximate surface area is 140 Å². The third-order valence-electron chi connectivity index (χ3n) is 2.55. The quantitative estimate of drug-likeness (QED) is 0.648. The average molecular weight is 371 g/mol. The summed E-state index contributed by atoms with van der Waals surface area (Å²) < 4.78 is 12.2. The van der Waals surface area contributed by atoms with Gasteiger partial charge in [-0.05, 0) is 31.3 Å². The van der Waals surface area contributed by atoms with Gasteiger partial charge in [0, 0.05) is 30.7 Å². The fourth-order valence-corrected chi connectivity index (χ4v) is 9.00. The summed E-state index contributed by atoms with van der Waals surface area (Å²) in [7, 11) is -0.963. The molecule has 0 aliphatic heterocycles. The van der Waals surface area contributed by atoms with Crippen molar-refractivity contribution < 1.29 is 4.21 Å². The molecule has 0 radical (unpaired) electrons. The minimum Gasteiger partial charge on any atom is -0.255 e. The van der Waals surface area contributed by atoms with Gasteiger partial charge >= 0.3 is 0 Å². The molecule has 0 amide bonds. The fourth-order valence-electron chi connectivity index (χ4n) is 1.81. The van der Waals surface area contributed by atoms with Crippen LogP contribution >= 0.6 is 58.8 Å². The molecule has 0 fully saturated rings. The topological polar surface area (TPSA) is 17.1 Å². The van der Waals surface area contributed by atoms with Crippen molar-refractivity contribution in [2.75, 3.05) is 37.5 Å². The summed E-state index contributed by atoms with van der Waals surface area (Å²) in [6.07, 6.45) is 12.2. The van der Waals surface area contributed by atoms with Gasteiger partial charge in [0.05, 0.1) is 15.7 Å². The van der Waals surface area contributed by atoms with Crippen molar-refractivity contribution >= 4 is 69.6 Å². The zero-order valence-corrected chi connectivity index (χ0v) is 16.8. The lowest BCUT2D eigenvalue weighted by Crippen LogP contribution is -2.00. The Morgan fingerprint density at radius 2 is 0.895 bits per heavy atom. The largest absolute Gasteiger partial charge is 0.255 e. The van der Waals surface area contributed by atoms with Crippen LogP contribution in [0.5, 0.6) is 0 Å². The Bertz CT molecular complexity index is 453. The summed E-state index contributed by atoms with van der Waals surface area (Å²) in [5.74, 6) is 0. The average Bonchev–Trinajstić information content (AvgIpc) is 2.43. The van der Waals surface area contributed by atoms with Crippen molar-refractivity contribution in [1.82, 2.24) is 0 Å². The van der Waals surface area contributed by atoms with E-state index in [4.69, 9.17) is 0 Å². The molecule has 0 saturated carbocycles. The van der Waals surface area contributed by atoms with Crippen LogP contribution in [0.3, 0.4) is 0 Å². The SMILES string of the molecule is CSc1c(SC)c(SC)c(S(C)=O)c(SC)c1SC. The second-order valence-corrected chi connectivity index (χ2v) is 8.85. The summed E-state index contributed by atoms with van der Waals surface area (Å²) in [5, 5.41) is 0. The predicted molar refractivity (Wildman–Crippen MR) is 97.7 cm³/mol. The molecule has 7 heteroatoms. The predicted octanol–water partition coefficient (Wildman–Crippen LogP) is 5.03. The molecule has 1 nitrogen and oxygen atoms in total. The van der Waals surface area contributed by atoms with E-state index in [-0.39, 0.29) is 0 Å². The van der Waals surface area contributed by atoms with Crippen LogP contribution < -0.4 is 0 Å². The molecular formula is C12H18OS6. The first-order valence-corrected chi connectivity index (χ1v) is 13.0. The third kappa shape index (κ3) is 3.66. The zero-order chi connectivity index (χ0) is 14.6. The fraction of sp³-hybridized carbons (Fsp3) is 0.500. The number of benzene rings is 1. The summed E-state index contributed by atoms with van der Waals surface area (Å²) >= 11 is 8.70. The lowest BCUT2D eigenvalue weighted by Gasteiger charge is -2.21. The Balaban J connectivity index is 3.85. The van der Waals surface area contributed by atoms with Gasteiger partial charge in [0.15, 0.2) is 0 Å². The smallest absolute Gasteiger partial charge is 0.0680 e. The van der Waals surface area contributed by atoms with Crippen LogP contribution in [0.25, 0.3) is 0 Å². The molecular weight excluding hydrogens is 353 g/mol. The number of hydrogen-bond acceptors (Lipinski definition) is 6. The molecule has 1 aromatic rings. The van der Waals surface area contributed by atoms with Gasteiger partial charge in [-0.2, -0.15) is 0 Å². The zero-order valence-electron chi connectivity index (χ0n) is 11.9. The van der Waals surface area contributed by atoms with E-state index in [1.807, 2.05) is 0 Å². The maximum absolute atomic E-state index is 12.2. The van der Waals surface area contributed by atoms with Crippen molar-refractivity contribution in [3.8, 4) is 0 Å². The Morgan fingerprint density at radius 1 is 0.632 bits per heavy atom. The molecule has 0 heterocycles. The van der Waals surface area contributed by atoms with E-state index >= 15 is 0 Å². The maximum atomic E-state index is 12.2. The highest BCUT2D eigenvalue weighted by Crippen LogP contribution is 2.49. The number of rotatable bonds is 6. The van der Waals surface area contributed by atoms with Gasteiger partial charge in [-0.15, -0.1) is 58.8 Å². The Morgan fingerprint density at radius 3 is 1.11 bits per heavy atom. The first kappa shape index (κ1) is 18.2. The first-order chi connectivity index (χ1) is 9.06. The van der Waals surface area contributed by atoms with Gasteiger partial charge in [0.1, 0.15) is 0 Å². The molecule has 108 valence electrons. The van der Waals surface area contributed by atoms with Crippen LogP contribution in [-0.4, -0.2) is 41.7 Å². The highest BCUT2D eigenvalue weighted by Gasteiger charge is 2.24. The van der Waals surface area contributed by atoms with Gasteiger partial charge in [-0.1, -0.05) is 0 Å². The van der Waals surface area contributed by atoms with Crippen molar-refractivity contribution in [2.24, 2.45) is 0 Å². The van der Waals surface area contributed by atoms with E-state index in [0.29, 0.717) is 0 Å². The second-order valence-electron chi connectivity index (χ2n) is 3.45. The van der Waals surface area contributed by atoms with E-state index in [2.05, 4.69) is 31.3 Å². The monoisotopic (exact) mass is 370 g/mol. The van der Waals surface area contributed by atoms with Crippen molar-refractivity contribution in [3.05, 3.63) is 0 Å². The minimum absolute atomic E-state index is 0.963. The lowest BCUT2D eigenvalue weighted by molar-refractivity contribution is 0.680. The Kier molecular flexibility index (Phi) is 8.16. The Hall–Kier alpha value is 1.12. The third-order valence-corrected chi connectivity index (χ3v) is 8.39. The van der Waals surface area contributed by atoms with Crippen LogP contribution in [0.15, 0.2) is 29.4 Å².